The molecule has 5 heteroatoms. The molecule has 0 bridgehead atoms. The fourth-order valence-electron chi connectivity index (χ4n) is 4.17. The number of rotatable bonds is 20. The van der Waals surface area contributed by atoms with Gasteiger partial charge in [0.1, 0.15) is 0 Å². The third kappa shape index (κ3) is 16.4. The fraction of sp³-hybridized carbons (Fsp3) is 0.769. The maximum absolute atomic E-state index is 9.69. The third-order valence-corrected chi connectivity index (χ3v) is 8.72. The van der Waals surface area contributed by atoms with Crippen LogP contribution in [0.4, 0.5) is 0 Å². The molecule has 0 aliphatic heterocycles. The Morgan fingerprint density at radius 3 is 1.52 bits per heavy atom. The molecule has 2 N–H and O–H groups in total. The van der Waals surface area contributed by atoms with Gasteiger partial charge in [0.2, 0.25) is 5.69 Å². The fourth-order valence-corrected chi connectivity index (χ4v) is 6.71. The minimum Gasteiger partial charge on any atom is -0.337 e. The lowest BCUT2D eigenvalue weighted by atomic mass is 9.96. The summed E-state index contributed by atoms with van der Waals surface area (Å²) >= 11 is 5.89. The molecule has 0 aliphatic carbocycles. The van der Waals surface area contributed by atoms with Crippen molar-refractivity contribution in [3.05, 3.63) is 29.3 Å². The lowest BCUT2D eigenvalue weighted by Crippen LogP contribution is -1.97. The van der Waals surface area contributed by atoms with Crippen LogP contribution >= 0.6 is 17.1 Å². The second-order valence-corrected chi connectivity index (χ2v) is 14.9. The number of unbranched alkanes of at least 4 members (excludes halogenated alkanes) is 14. The van der Waals surface area contributed by atoms with Gasteiger partial charge in [-0.25, -0.2) is 0 Å². The Bertz CT molecular complexity index is 615. The van der Waals surface area contributed by atoms with Gasteiger partial charge in [0.25, 0.3) is 0 Å². The molecule has 2 nitrogen and oxygen atoms in total. The van der Waals surface area contributed by atoms with Gasteiger partial charge < -0.3 is 9.79 Å². The van der Waals surface area contributed by atoms with Gasteiger partial charge in [0.15, 0.2) is 0 Å². The molecule has 0 saturated carbocycles. The lowest BCUT2D eigenvalue weighted by molar-refractivity contribution is 0.502. The van der Waals surface area contributed by atoms with E-state index in [0.717, 1.165) is 29.1 Å². The van der Waals surface area contributed by atoms with Crippen molar-refractivity contribution in [3.63, 3.8) is 0 Å². The summed E-state index contributed by atoms with van der Waals surface area (Å²) in [6, 6.07) is 6.39. The molecule has 0 saturated heterocycles. The molecule has 0 unspecified atom stereocenters. The van der Waals surface area contributed by atoms with E-state index >= 15 is 0 Å². The normalized spacial score (nSPS) is 11.9. The van der Waals surface area contributed by atoms with Crippen molar-refractivity contribution >= 4 is 28.9 Å². The highest BCUT2D eigenvalue weighted by atomic mass is 32.9. The van der Waals surface area contributed by atoms with Gasteiger partial charge in [-0.1, -0.05) is 110 Å². The topological polar surface area (TPSA) is 40.5 Å². The first kappa shape index (κ1) is 29.2. The Kier molecular flexibility index (Phi) is 17.5. The molecule has 0 atom stereocenters. The average Bonchev–Trinajstić information content (AvgIpc) is 2.72. The second kappa shape index (κ2) is 18.6. The molecule has 0 aromatic heterocycles. The summed E-state index contributed by atoms with van der Waals surface area (Å²) in [5.41, 5.74) is -0.427. The summed E-state index contributed by atoms with van der Waals surface area (Å²) in [6.07, 6.45) is 23.6. The molecule has 180 valence electrons. The molecular weight excluding hydrogens is 439 g/mol. The van der Waals surface area contributed by atoms with E-state index in [1.165, 1.54) is 114 Å². The van der Waals surface area contributed by atoms with E-state index in [9.17, 15) is 9.79 Å². The van der Waals surface area contributed by atoms with Crippen LogP contribution in [0.5, 0.6) is 0 Å². The maximum atomic E-state index is 9.69. The third-order valence-electron chi connectivity index (χ3n) is 6.00. The van der Waals surface area contributed by atoms with Gasteiger partial charge in [0.05, 0.1) is 0 Å². The summed E-state index contributed by atoms with van der Waals surface area (Å²) in [5, 5.41) is 0. The molecule has 1 rings (SSSR count). The van der Waals surface area contributed by atoms with E-state index in [-0.39, 0.29) is 0 Å². The van der Waals surface area contributed by atoms with E-state index in [1.807, 2.05) is 6.07 Å². The zero-order chi connectivity index (χ0) is 22.8. The number of aryl methyl sites for hydroxylation is 2. The Hall–Kier alpha value is 0.140. The van der Waals surface area contributed by atoms with Crippen LogP contribution in [0.1, 0.15) is 128 Å². The summed E-state index contributed by atoms with van der Waals surface area (Å²) in [7, 11) is 0. The summed E-state index contributed by atoms with van der Waals surface area (Å²) in [4.78, 5) is 20.3. The van der Waals surface area contributed by atoms with Crippen molar-refractivity contribution in [2.75, 3.05) is 0 Å². The molecule has 31 heavy (non-hydrogen) atoms. The molecule has 1 aromatic carbocycles. The Morgan fingerprint density at radius 1 is 0.645 bits per heavy atom. The van der Waals surface area contributed by atoms with Crippen LogP contribution in [0.25, 0.3) is 0 Å². The van der Waals surface area contributed by atoms with Crippen LogP contribution in [0, 0.1) is 0 Å². The van der Waals surface area contributed by atoms with Crippen molar-refractivity contribution in [2.45, 2.75) is 134 Å². The second-order valence-electron chi connectivity index (χ2n) is 8.96. The van der Waals surface area contributed by atoms with Crippen LogP contribution in [-0.2, 0) is 24.6 Å². The van der Waals surface area contributed by atoms with Crippen LogP contribution in [0.15, 0.2) is 23.1 Å². The van der Waals surface area contributed by atoms with Gasteiger partial charge in [-0.05, 0) is 72.1 Å². The Balaban J connectivity index is 2.46. The lowest BCUT2D eigenvalue weighted by Gasteiger charge is -2.13. The minimum atomic E-state index is -3.26. The van der Waals surface area contributed by atoms with Crippen molar-refractivity contribution in [2.24, 2.45) is 0 Å². The summed E-state index contributed by atoms with van der Waals surface area (Å²) in [6.45, 7) is 4.54. The van der Waals surface area contributed by atoms with Crippen molar-refractivity contribution in [1.82, 2.24) is 0 Å². The Morgan fingerprint density at radius 2 is 1.06 bits per heavy atom. The highest BCUT2D eigenvalue weighted by Gasteiger charge is 2.12. The van der Waals surface area contributed by atoms with Gasteiger partial charge in [0, 0.05) is 4.90 Å². The van der Waals surface area contributed by atoms with Crippen LogP contribution in [-0.4, -0.2) is 9.79 Å². The van der Waals surface area contributed by atoms with E-state index in [0.29, 0.717) is 0 Å². The monoisotopic (exact) mass is 486 g/mol. The highest BCUT2D eigenvalue weighted by molar-refractivity contribution is 8.67. The predicted molar refractivity (Wildman–Crippen MR) is 144 cm³/mol. The standard InChI is InChI=1S/C26H47O2PS2/c1-3-5-7-9-11-13-15-17-19-24-21-22-26(31-29(27,28)30)23-25(24)20-18-16-14-12-10-8-6-4-2/h21-23H,3-20H2,1-2H3,(H2,27,28,30). The van der Waals surface area contributed by atoms with Gasteiger partial charge >= 0.3 is 0 Å². The van der Waals surface area contributed by atoms with Crippen LogP contribution in [0.3, 0.4) is 0 Å². The van der Waals surface area contributed by atoms with E-state index < -0.39 is 5.69 Å². The molecule has 0 radical (unpaired) electrons. The van der Waals surface area contributed by atoms with Crippen molar-refractivity contribution in [1.29, 1.82) is 0 Å². The van der Waals surface area contributed by atoms with E-state index in [1.54, 1.807) is 0 Å². The first-order valence-corrected chi connectivity index (χ1v) is 17.0. The van der Waals surface area contributed by atoms with Crippen LogP contribution in [0.2, 0.25) is 0 Å². The van der Waals surface area contributed by atoms with Gasteiger partial charge in [-0.2, -0.15) is 0 Å². The van der Waals surface area contributed by atoms with Crippen molar-refractivity contribution < 1.29 is 9.79 Å². The van der Waals surface area contributed by atoms with Crippen LogP contribution < -0.4 is 0 Å². The molecule has 0 amide bonds. The molecule has 0 heterocycles. The minimum absolute atomic E-state index is 0.905. The molecule has 1 aromatic rings. The smallest absolute Gasteiger partial charge is 0.246 e. The summed E-state index contributed by atoms with van der Waals surface area (Å²) in [5.74, 6) is 0. The molecule has 0 fully saturated rings. The number of hydrogen-bond donors (Lipinski definition) is 2. The zero-order valence-corrected chi connectivity index (χ0v) is 22.6. The van der Waals surface area contributed by atoms with E-state index in [2.05, 4.69) is 26.0 Å². The van der Waals surface area contributed by atoms with Crippen molar-refractivity contribution in [3.8, 4) is 0 Å². The quantitative estimate of drug-likeness (QED) is 0.142. The zero-order valence-electron chi connectivity index (χ0n) is 20.1. The molecular formula is C26H47O2PS2. The summed E-state index contributed by atoms with van der Waals surface area (Å²) < 4.78 is 0. The SMILES string of the molecule is CCCCCCCCCCc1ccc(SP(O)(O)=S)cc1CCCCCCCCCC. The first-order chi connectivity index (χ1) is 15.0. The Labute approximate surface area is 201 Å². The molecule has 0 aliphatic rings. The predicted octanol–water partition coefficient (Wildman–Crippen LogP) is 9.35. The highest BCUT2D eigenvalue weighted by Crippen LogP contribution is 2.55. The first-order valence-electron chi connectivity index (χ1n) is 12.8. The van der Waals surface area contributed by atoms with Gasteiger partial charge in [-0.15, -0.1) is 0 Å². The maximum Gasteiger partial charge on any atom is 0.246 e. The average molecular weight is 487 g/mol. The number of benzene rings is 1. The molecule has 0 spiro atoms. The van der Waals surface area contributed by atoms with E-state index in [4.69, 9.17) is 11.8 Å². The number of hydrogen-bond acceptors (Lipinski definition) is 2. The largest absolute Gasteiger partial charge is 0.337 e. The van der Waals surface area contributed by atoms with Gasteiger partial charge in [-0.3, -0.25) is 0 Å².